The minimum absolute atomic E-state index is 0.342. The summed E-state index contributed by atoms with van der Waals surface area (Å²) in [4.78, 5) is 11.2. The van der Waals surface area contributed by atoms with Gasteiger partial charge in [-0.05, 0) is 43.5 Å². The van der Waals surface area contributed by atoms with Crippen molar-refractivity contribution < 1.29 is 22.7 Å². The molecule has 1 aromatic carbocycles. The molecule has 0 atom stereocenters. The van der Waals surface area contributed by atoms with Crippen LogP contribution in [0.5, 0.6) is 5.75 Å². The molecule has 19 heavy (non-hydrogen) atoms. The van der Waals surface area contributed by atoms with E-state index in [1.807, 2.05) is 6.92 Å². The van der Waals surface area contributed by atoms with Gasteiger partial charge in [0.25, 0.3) is 5.78 Å². The normalized spacial score (nSPS) is 11.5. The average molecular weight is 274 g/mol. The van der Waals surface area contributed by atoms with Gasteiger partial charge in [-0.2, -0.15) is 13.2 Å². The van der Waals surface area contributed by atoms with Crippen LogP contribution >= 0.6 is 0 Å². The number of hydrogen-bond donors (Lipinski definition) is 0. The second-order valence-electron chi connectivity index (χ2n) is 4.47. The summed E-state index contributed by atoms with van der Waals surface area (Å²) in [5, 5.41) is 0. The van der Waals surface area contributed by atoms with E-state index < -0.39 is 12.0 Å². The maximum absolute atomic E-state index is 12.4. The highest BCUT2D eigenvalue weighted by Gasteiger charge is 2.39. The Labute approximate surface area is 110 Å². The molecule has 0 spiro atoms. The van der Waals surface area contributed by atoms with Gasteiger partial charge >= 0.3 is 6.18 Å². The summed E-state index contributed by atoms with van der Waals surface area (Å²) in [5.74, 6) is -1.26. The number of carbonyl (C=O) groups excluding carboxylic acids is 1. The van der Waals surface area contributed by atoms with E-state index in [9.17, 15) is 18.0 Å². The number of benzene rings is 1. The van der Waals surface area contributed by atoms with Crippen LogP contribution in [0.2, 0.25) is 0 Å². The van der Waals surface area contributed by atoms with E-state index in [2.05, 4.69) is 0 Å². The Morgan fingerprint density at radius 3 is 2.16 bits per heavy atom. The lowest BCUT2D eigenvalue weighted by atomic mass is 10.0. The van der Waals surface area contributed by atoms with E-state index in [1.165, 1.54) is 12.1 Å². The third kappa shape index (κ3) is 3.98. The Balaban J connectivity index is 3.00. The minimum atomic E-state index is -4.84. The molecule has 0 heterocycles. The summed E-state index contributed by atoms with van der Waals surface area (Å²) in [7, 11) is 0. The van der Waals surface area contributed by atoms with Gasteiger partial charge in [0.05, 0.1) is 6.61 Å². The number of Topliss-reactive ketones (excluding diaryl/α,β-unsaturated/α-hetero) is 1. The molecule has 106 valence electrons. The summed E-state index contributed by atoms with van der Waals surface area (Å²) in [6.45, 7) is 5.82. The van der Waals surface area contributed by atoms with Gasteiger partial charge in [-0.1, -0.05) is 13.3 Å². The highest BCUT2D eigenvalue weighted by Crippen LogP contribution is 2.28. The van der Waals surface area contributed by atoms with Crippen LogP contribution in [0.3, 0.4) is 0 Å². The summed E-state index contributed by atoms with van der Waals surface area (Å²) < 4.78 is 42.6. The molecule has 0 saturated heterocycles. The third-order valence-electron chi connectivity index (χ3n) is 2.72. The second-order valence-corrected chi connectivity index (χ2v) is 4.47. The first-order valence-corrected chi connectivity index (χ1v) is 6.13. The molecule has 0 N–H and O–H groups in total. The van der Waals surface area contributed by atoms with E-state index in [0.29, 0.717) is 23.5 Å². The third-order valence-corrected chi connectivity index (χ3v) is 2.72. The number of unbranched alkanes of at least 4 members (excludes halogenated alkanes) is 1. The highest BCUT2D eigenvalue weighted by atomic mass is 19.4. The molecule has 0 aromatic heterocycles. The fourth-order valence-electron chi connectivity index (χ4n) is 1.79. The fraction of sp³-hybridized carbons (Fsp3) is 0.500. The highest BCUT2D eigenvalue weighted by molar-refractivity contribution is 6.00. The quantitative estimate of drug-likeness (QED) is 0.593. The van der Waals surface area contributed by atoms with Crippen LogP contribution in [0.15, 0.2) is 12.1 Å². The SMILES string of the molecule is CCCCOc1c(C)cc(C(=O)C(F)(F)F)cc1C. The largest absolute Gasteiger partial charge is 0.493 e. The number of ether oxygens (including phenoxy) is 1. The van der Waals surface area contributed by atoms with Crippen molar-refractivity contribution in [2.75, 3.05) is 6.61 Å². The molecular formula is C14H17F3O2. The van der Waals surface area contributed by atoms with Crippen molar-refractivity contribution >= 4 is 5.78 Å². The smallest absolute Gasteiger partial charge is 0.454 e. The molecule has 0 aliphatic rings. The van der Waals surface area contributed by atoms with Crippen LogP contribution in [0.25, 0.3) is 0 Å². The van der Waals surface area contributed by atoms with Crippen LogP contribution in [0.4, 0.5) is 13.2 Å². The fourth-order valence-corrected chi connectivity index (χ4v) is 1.79. The standard InChI is InChI=1S/C14H17F3O2/c1-4-5-6-19-12-9(2)7-11(8-10(12)3)13(18)14(15,16)17/h7-8H,4-6H2,1-3H3. The Hall–Kier alpha value is -1.52. The summed E-state index contributed by atoms with van der Waals surface area (Å²) in [6, 6.07) is 2.45. The second kappa shape index (κ2) is 6.08. The van der Waals surface area contributed by atoms with Crippen molar-refractivity contribution in [1.29, 1.82) is 0 Å². The van der Waals surface area contributed by atoms with Gasteiger partial charge in [0.15, 0.2) is 0 Å². The molecule has 2 nitrogen and oxygen atoms in total. The van der Waals surface area contributed by atoms with Crippen molar-refractivity contribution in [2.45, 2.75) is 39.8 Å². The zero-order chi connectivity index (χ0) is 14.6. The Morgan fingerprint density at radius 2 is 1.74 bits per heavy atom. The molecule has 0 saturated carbocycles. The molecule has 0 amide bonds. The van der Waals surface area contributed by atoms with Crippen LogP contribution in [0, 0.1) is 13.8 Å². The van der Waals surface area contributed by atoms with E-state index in [1.54, 1.807) is 13.8 Å². The predicted octanol–water partition coefficient (Wildman–Crippen LogP) is 4.23. The lowest BCUT2D eigenvalue weighted by Crippen LogP contribution is -2.23. The number of aryl methyl sites for hydroxylation is 2. The topological polar surface area (TPSA) is 26.3 Å². The van der Waals surface area contributed by atoms with Gasteiger partial charge in [0.1, 0.15) is 5.75 Å². The Morgan fingerprint density at radius 1 is 1.21 bits per heavy atom. The molecule has 0 aliphatic heterocycles. The predicted molar refractivity (Wildman–Crippen MR) is 66.7 cm³/mol. The van der Waals surface area contributed by atoms with Crippen molar-refractivity contribution in [3.8, 4) is 5.75 Å². The maximum Gasteiger partial charge on any atom is 0.454 e. The van der Waals surface area contributed by atoms with Gasteiger partial charge in [-0.3, -0.25) is 4.79 Å². The molecule has 1 aromatic rings. The molecule has 0 unspecified atom stereocenters. The van der Waals surface area contributed by atoms with Gasteiger partial charge in [-0.25, -0.2) is 0 Å². The average Bonchev–Trinajstić information content (AvgIpc) is 2.30. The Bertz CT molecular complexity index is 441. The first-order valence-electron chi connectivity index (χ1n) is 6.13. The van der Waals surface area contributed by atoms with Crippen LogP contribution in [0.1, 0.15) is 41.3 Å². The molecule has 0 bridgehead atoms. The van der Waals surface area contributed by atoms with Crippen molar-refractivity contribution in [1.82, 2.24) is 0 Å². The first kappa shape index (κ1) is 15.5. The maximum atomic E-state index is 12.4. The van der Waals surface area contributed by atoms with E-state index >= 15 is 0 Å². The lowest BCUT2D eigenvalue weighted by molar-refractivity contribution is -0.0885. The molecule has 1 rings (SSSR count). The van der Waals surface area contributed by atoms with Crippen LogP contribution in [-0.4, -0.2) is 18.6 Å². The molecule has 0 aliphatic carbocycles. The summed E-state index contributed by atoms with van der Waals surface area (Å²) in [5.41, 5.74) is 0.748. The Kier molecular flexibility index (Phi) is 4.97. The van der Waals surface area contributed by atoms with Crippen LogP contribution < -0.4 is 4.74 Å². The number of ketones is 1. The molecular weight excluding hydrogens is 257 g/mol. The van der Waals surface area contributed by atoms with Gasteiger partial charge < -0.3 is 4.74 Å². The van der Waals surface area contributed by atoms with Crippen molar-refractivity contribution in [2.24, 2.45) is 0 Å². The van der Waals surface area contributed by atoms with Gasteiger partial charge in [0.2, 0.25) is 0 Å². The van der Waals surface area contributed by atoms with Gasteiger partial charge in [0, 0.05) is 5.56 Å². The first-order chi connectivity index (χ1) is 8.77. The molecule has 0 radical (unpaired) electrons. The molecule has 0 fully saturated rings. The number of rotatable bonds is 5. The number of carbonyl (C=O) groups is 1. The van der Waals surface area contributed by atoms with Crippen molar-refractivity contribution in [3.05, 3.63) is 28.8 Å². The molecule has 5 heteroatoms. The monoisotopic (exact) mass is 274 g/mol. The van der Waals surface area contributed by atoms with E-state index in [4.69, 9.17) is 4.74 Å². The van der Waals surface area contributed by atoms with E-state index in [0.717, 1.165) is 12.8 Å². The number of hydrogen-bond acceptors (Lipinski definition) is 2. The van der Waals surface area contributed by atoms with Crippen molar-refractivity contribution in [3.63, 3.8) is 0 Å². The lowest BCUT2D eigenvalue weighted by Gasteiger charge is -2.14. The zero-order valence-electron chi connectivity index (χ0n) is 11.2. The summed E-state index contributed by atoms with van der Waals surface area (Å²) in [6.07, 6.45) is -2.99. The van der Waals surface area contributed by atoms with Crippen LogP contribution in [-0.2, 0) is 0 Å². The van der Waals surface area contributed by atoms with Gasteiger partial charge in [-0.15, -0.1) is 0 Å². The minimum Gasteiger partial charge on any atom is -0.493 e. The van der Waals surface area contributed by atoms with E-state index in [-0.39, 0.29) is 5.56 Å². The summed E-state index contributed by atoms with van der Waals surface area (Å²) >= 11 is 0. The zero-order valence-corrected chi connectivity index (χ0v) is 11.2. The number of alkyl halides is 3. The number of halogens is 3.